The van der Waals surface area contributed by atoms with Gasteiger partial charge in [0.05, 0.1) is 18.0 Å². The highest BCUT2D eigenvalue weighted by atomic mass is 16.5. The van der Waals surface area contributed by atoms with Crippen molar-refractivity contribution in [2.75, 3.05) is 24.3 Å². The van der Waals surface area contributed by atoms with E-state index in [0.717, 1.165) is 30.2 Å². The van der Waals surface area contributed by atoms with Crippen LogP contribution in [0.2, 0.25) is 0 Å². The Bertz CT molecular complexity index is 335. The van der Waals surface area contributed by atoms with Crippen molar-refractivity contribution in [3.8, 4) is 0 Å². The number of aryl methyl sites for hydroxylation is 2. The van der Waals surface area contributed by atoms with Crippen LogP contribution >= 0.6 is 0 Å². The van der Waals surface area contributed by atoms with E-state index >= 15 is 0 Å². The summed E-state index contributed by atoms with van der Waals surface area (Å²) in [6.45, 7) is 7.50. The van der Waals surface area contributed by atoms with Crippen molar-refractivity contribution in [2.45, 2.75) is 33.2 Å². The third-order valence-corrected chi connectivity index (χ3v) is 2.45. The summed E-state index contributed by atoms with van der Waals surface area (Å²) in [5, 5.41) is 7.67. The van der Waals surface area contributed by atoms with Crippen LogP contribution in [0.4, 0.5) is 11.5 Å². The molecule has 0 aliphatic rings. The van der Waals surface area contributed by atoms with E-state index in [0.29, 0.717) is 6.61 Å². The Morgan fingerprint density at radius 1 is 1.50 bits per heavy atom. The van der Waals surface area contributed by atoms with Crippen LogP contribution < -0.4 is 11.1 Å². The topological polar surface area (TPSA) is 65.1 Å². The van der Waals surface area contributed by atoms with Crippen molar-refractivity contribution in [3.63, 3.8) is 0 Å². The smallest absolute Gasteiger partial charge is 0.148 e. The molecule has 0 fully saturated rings. The highest BCUT2D eigenvalue weighted by Crippen LogP contribution is 2.22. The summed E-state index contributed by atoms with van der Waals surface area (Å²) in [6, 6.07) is 0.224. The largest absolute Gasteiger partial charge is 0.394 e. The second kappa shape index (κ2) is 5.75. The van der Waals surface area contributed by atoms with E-state index in [4.69, 9.17) is 10.5 Å². The average molecular weight is 226 g/mol. The molecule has 0 amide bonds. The molecule has 0 aromatic carbocycles. The highest BCUT2D eigenvalue weighted by Gasteiger charge is 2.13. The molecule has 1 rings (SSSR count). The van der Waals surface area contributed by atoms with Crippen LogP contribution in [0.1, 0.15) is 26.5 Å². The first-order valence-electron chi connectivity index (χ1n) is 5.75. The molecule has 5 nitrogen and oxygen atoms in total. The lowest BCUT2D eigenvalue weighted by Gasteiger charge is -2.15. The predicted molar refractivity (Wildman–Crippen MR) is 66.6 cm³/mol. The number of ether oxygens (including phenoxy) is 1. The molecule has 0 aliphatic carbocycles. The molecule has 1 aromatic rings. The SMILES string of the molecule is CCOCC(C)Nc1c(N)c(CC)nn1C. The van der Waals surface area contributed by atoms with E-state index in [2.05, 4.69) is 17.3 Å². The van der Waals surface area contributed by atoms with Crippen molar-refractivity contribution in [1.82, 2.24) is 9.78 Å². The van der Waals surface area contributed by atoms with E-state index in [1.54, 1.807) is 4.68 Å². The van der Waals surface area contributed by atoms with Crippen LogP contribution in [-0.4, -0.2) is 29.0 Å². The minimum Gasteiger partial charge on any atom is -0.394 e. The van der Waals surface area contributed by atoms with Crippen LogP contribution in [-0.2, 0) is 18.2 Å². The third-order valence-electron chi connectivity index (χ3n) is 2.45. The second-order valence-electron chi connectivity index (χ2n) is 3.89. The minimum atomic E-state index is 0.224. The maximum Gasteiger partial charge on any atom is 0.148 e. The Morgan fingerprint density at radius 3 is 2.69 bits per heavy atom. The summed E-state index contributed by atoms with van der Waals surface area (Å²) < 4.78 is 7.14. The lowest BCUT2D eigenvalue weighted by molar-refractivity contribution is 0.141. The summed E-state index contributed by atoms with van der Waals surface area (Å²) >= 11 is 0. The van der Waals surface area contributed by atoms with Crippen molar-refractivity contribution < 1.29 is 4.74 Å². The van der Waals surface area contributed by atoms with E-state index in [9.17, 15) is 0 Å². The van der Waals surface area contributed by atoms with Gasteiger partial charge in [0, 0.05) is 19.7 Å². The molecular weight excluding hydrogens is 204 g/mol. The number of hydrogen-bond donors (Lipinski definition) is 2. The molecule has 0 saturated heterocycles. The highest BCUT2D eigenvalue weighted by molar-refractivity contribution is 5.65. The van der Waals surface area contributed by atoms with Crippen LogP contribution in [0.25, 0.3) is 0 Å². The van der Waals surface area contributed by atoms with Gasteiger partial charge >= 0.3 is 0 Å². The van der Waals surface area contributed by atoms with Gasteiger partial charge < -0.3 is 15.8 Å². The van der Waals surface area contributed by atoms with Crippen molar-refractivity contribution in [1.29, 1.82) is 0 Å². The monoisotopic (exact) mass is 226 g/mol. The molecule has 1 heterocycles. The zero-order chi connectivity index (χ0) is 12.1. The number of nitrogens with two attached hydrogens (primary N) is 1. The molecule has 0 bridgehead atoms. The van der Waals surface area contributed by atoms with Gasteiger partial charge in [-0.3, -0.25) is 4.68 Å². The van der Waals surface area contributed by atoms with E-state index in [-0.39, 0.29) is 6.04 Å². The Morgan fingerprint density at radius 2 is 2.19 bits per heavy atom. The first-order chi connectivity index (χ1) is 7.60. The van der Waals surface area contributed by atoms with Crippen LogP contribution in [0.5, 0.6) is 0 Å². The van der Waals surface area contributed by atoms with Crippen LogP contribution in [0, 0.1) is 0 Å². The molecule has 0 aliphatic heterocycles. The lowest BCUT2D eigenvalue weighted by Crippen LogP contribution is -2.23. The zero-order valence-corrected chi connectivity index (χ0v) is 10.6. The van der Waals surface area contributed by atoms with Crippen molar-refractivity contribution >= 4 is 11.5 Å². The fourth-order valence-corrected chi connectivity index (χ4v) is 1.60. The zero-order valence-electron chi connectivity index (χ0n) is 10.6. The third kappa shape index (κ3) is 2.88. The molecule has 1 unspecified atom stereocenters. The van der Waals surface area contributed by atoms with Crippen molar-refractivity contribution in [2.24, 2.45) is 7.05 Å². The van der Waals surface area contributed by atoms with Gasteiger partial charge in [-0.25, -0.2) is 0 Å². The van der Waals surface area contributed by atoms with E-state index in [1.807, 2.05) is 20.9 Å². The predicted octanol–water partition coefficient (Wildman–Crippen LogP) is 1.40. The van der Waals surface area contributed by atoms with Crippen LogP contribution in [0.3, 0.4) is 0 Å². The Labute approximate surface area is 97.0 Å². The molecular formula is C11H22N4O. The normalized spacial score (nSPS) is 12.8. The average Bonchev–Trinajstić information content (AvgIpc) is 2.53. The first-order valence-corrected chi connectivity index (χ1v) is 5.75. The van der Waals surface area contributed by atoms with Gasteiger partial charge in [-0.15, -0.1) is 0 Å². The number of rotatable bonds is 6. The fraction of sp³-hybridized carbons (Fsp3) is 0.727. The maximum absolute atomic E-state index is 6.00. The molecule has 92 valence electrons. The number of nitrogens with zero attached hydrogens (tertiary/aromatic N) is 2. The maximum atomic E-state index is 6.00. The number of nitrogens with one attached hydrogen (secondary N) is 1. The second-order valence-corrected chi connectivity index (χ2v) is 3.89. The van der Waals surface area contributed by atoms with E-state index < -0.39 is 0 Å². The molecule has 1 atom stereocenters. The summed E-state index contributed by atoms with van der Waals surface area (Å²) in [5.74, 6) is 0.879. The first kappa shape index (κ1) is 12.8. The molecule has 0 spiro atoms. The van der Waals surface area contributed by atoms with Gasteiger partial charge in [-0.1, -0.05) is 6.92 Å². The summed E-state index contributed by atoms with van der Waals surface area (Å²) in [5.41, 5.74) is 7.69. The molecule has 3 N–H and O–H groups in total. The Balaban J connectivity index is 2.69. The minimum absolute atomic E-state index is 0.224. The standard InChI is InChI=1S/C11H22N4O/c1-5-9-10(12)11(15(4)14-9)13-8(3)7-16-6-2/h8,13H,5-7,12H2,1-4H3. The molecule has 1 aromatic heterocycles. The summed E-state index contributed by atoms with van der Waals surface area (Å²) in [7, 11) is 1.89. The molecule has 0 saturated carbocycles. The summed E-state index contributed by atoms with van der Waals surface area (Å²) in [6.07, 6.45) is 0.848. The number of anilines is 2. The molecule has 0 radical (unpaired) electrons. The van der Waals surface area contributed by atoms with Crippen molar-refractivity contribution in [3.05, 3.63) is 5.69 Å². The molecule has 5 heteroatoms. The summed E-state index contributed by atoms with van der Waals surface area (Å²) in [4.78, 5) is 0. The Kier molecular flexibility index (Phi) is 4.61. The number of hydrogen-bond acceptors (Lipinski definition) is 4. The fourth-order valence-electron chi connectivity index (χ4n) is 1.60. The van der Waals surface area contributed by atoms with Gasteiger partial charge in [0.25, 0.3) is 0 Å². The van der Waals surface area contributed by atoms with Gasteiger partial charge in [0.15, 0.2) is 0 Å². The number of aromatic nitrogens is 2. The van der Waals surface area contributed by atoms with E-state index in [1.165, 1.54) is 0 Å². The van der Waals surface area contributed by atoms with Gasteiger partial charge in [0.2, 0.25) is 0 Å². The van der Waals surface area contributed by atoms with Gasteiger partial charge in [-0.2, -0.15) is 5.10 Å². The Hall–Kier alpha value is -1.23. The number of nitrogen functional groups attached to an aromatic ring is 1. The molecule has 16 heavy (non-hydrogen) atoms. The lowest BCUT2D eigenvalue weighted by atomic mass is 10.3. The van der Waals surface area contributed by atoms with Crippen LogP contribution in [0.15, 0.2) is 0 Å². The van der Waals surface area contributed by atoms with Gasteiger partial charge in [0.1, 0.15) is 5.82 Å². The van der Waals surface area contributed by atoms with Gasteiger partial charge in [-0.05, 0) is 20.3 Å². The quantitative estimate of drug-likeness (QED) is 0.769.